The van der Waals surface area contributed by atoms with Gasteiger partial charge in [-0.25, -0.2) is 0 Å². The Kier molecular flexibility index (Phi) is 38.5. The SMILES string of the molecule is CCCCC/C=C\C/C=C\CCCCCCCCN(CCCCCCCC/C=C\C/C=C\CCCCC)C(=O)CCNC(=O)CCCCN. The third-order valence-corrected chi connectivity index (χ3v) is 9.13. The molecule has 284 valence electrons. The van der Waals surface area contributed by atoms with Gasteiger partial charge in [0.1, 0.15) is 0 Å². The zero-order valence-corrected chi connectivity index (χ0v) is 32.6. The van der Waals surface area contributed by atoms with Crippen LogP contribution in [0.2, 0.25) is 0 Å². The lowest BCUT2D eigenvalue weighted by atomic mass is 10.1. The molecule has 5 nitrogen and oxygen atoms in total. The van der Waals surface area contributed by atoms with Crippen molar-refractivity contribution in [1.29, 1.82) is 0 Å². The van der Waals surface area contributed by atoms with Crippen molar-refractivity contribution in [3.05, 3.63) is 48.6 Å². The monoisotopic (exact) mass is 684 g/mol. The molecule has 0 atom stereocenters. The second-order valence-electron chi connectivity index (χ2n) is 13.9. The van der Waals surface area contributed by atoms with Gasteiger partial charge in [0.2, 0.25) is 11.8 Å². The van der Waals surface area contributed by atoms with Gasteiger partial charge in [-0.05, 0) is 96.4 Å². The molecule has 0 heterocycles. The quantitative estimate of drug-likeness (QED) is 0.0505. The molecule has 0 aromatic carbocycles. The summed E-state index contributed by atoms with van der Waals surface area (Å²) in [6.07, 6.45) is 50.7. The zero-order valence-electron chi connectivity index (χ0n) is 32.6. The number of nitrogens with zero attached hydrogens (tertiary/aromatic N) is 1. The number of hydrogen-bond acceptors (Lipinski definition) is 3. The highest BCUT2D eigenvalue weighted by molar-refractivity contribution is 5.79. The van der Waals surface area contributed by atoms with Crippen molar-refractivity contribution < 1.29 is 9.59 Å². The first-order valence-corrected chi connectivity index (χ1v) is 21.0. The summed E-state index contributed by atoms with van der Waals surface area (Å²) in [5.41, 5.74) is 5.53. The zero-order chi connectivity index (χ0) is 35.7. The fourth-order valence-corrected chi connectivity index (χ4v) is 5.93. The van der Waals surface area contributed by atoms with E-state index in [1.807, 2.05) is 0 Å². The topological polar surface area (TPSA) is 75.4 Å². The van der Waals surface area contributed by atoms with E-state index in [1.165, 1.54) is 128 Å². The number of hydrogen-bond donors (Lipinski definition) is 2. The van der Waals surface area contributed by atoms with Crippen molar-refractivity contribution in [2.45, 2.75) is 194 Å². The molecule has 0 aliphatic carbocycles. The van der Waals surface area contributed by atoms with Crippen LogP contribution in [0, 0.1) is 0 Å². The minimum atomic E-state index is 0.0306. The molecule has 0 spiro atoms. The average molecular weight is 684 g/mol. The van der Waals surface area contributed by atoms with Crippen LogP contribution in [0.4, 0.5) is 0 Å². The molecule has 0 fully saturated rings. The molecule has 0 rings (SSSR count). The summed E-state index contributed by atoms with van der Waals surface area (Å²) in [6.45, 7) is 7.25. The Labute approximate surface area is 305 Å². The van der Waals surface area contributed by atoms with Gasteiger partial charge in [0.25, 0.3) is 0 Å². The molecule has 0 bridgehead atoms. The van der Waals surface area contributed by atoms with Crippen molar-refractivity contribution in [2.75, 3.05) is 26.2 Å². The number of unbranched alkanes of at least 4 members (excludes halogenated alkanes) is 19. The molecule has 3 N–H and O–H groups in total. The van der Waals surface area contributed by atoms with E-state index in [-0.39, 0.29) is 11.8 Å². The minimum Gasteiger partial charge on any atom is -0.356 e. The van der Waals surface area contributed by atoms with Crippen LogP contribution in [0.25, 0.3) is 0 Å². The predicted molar refractivity (Wildman–Crippen MR) is 216 cm³/mol. The molecular formula is C44H81N3O2. The first kappa shape index (κ1) is 46.9. The number of nitrogens with one attached hydrogen (secondary N) is 1. The van der Waals surface area contributed by atoms with Crippen molar-refractivity contribution >= 4 is 11.8 Å². The van der Waals surface area contributed by atoms with Crippen LogP contribution < -0.4 is 11.1 Å². The third kappa shape index (κ3) is 37.0. The molecule has 0 aliphatic heterocycles. The molecule has 0 saturated heterocycles. The van der Waals surface area contributed by atoms with E-state index in [1.54, 1.807) is 0 Å². The Morgan fingerprint density at radius 1 is 0.490 bits per heavy atom. The maximum Gasteiger partial charge on any atom is 0.224 e. The number of allylic oxidation sites excluding steroid dienone is 8. The number of nitrogens with two attached hydrogens (primary N) is 1. The molecule has 2 amide bonds. The highest BCUT2D eigenvalue weighted by Gasteiger charge is 2.13. The summed E-state index contributed by atoms with van der Waals surface area (Å²) >= 11 is 0. The lowest BCUT2D eigenvalue weighted by Crippen LogP contribution is -2.36. The summed E-state index contributed by atoms with van der Waals surface area (Å²) in [5.74, 6) is 0.218. The van der Waals surface area contributed by atoms with Gasteiger partial charge in [0.15, 0.2) is 0 Å². The fraction of sp³-hybridized carbons (Fsp3) is 0.773. The standard InChI is InChI=1S/C44H81N3O2/c1-3-5-7-9-11-13-15-17-19-21-23-25-27-29-31-35-41-47(44(49)38-40-46-43(48)37-33-34-39-45)42-36-32-30-28-26-24-22-20-18-16-14-12-10-8-6-4-2/h11-14,17-20H,3-10,15-16,21-42,45H2,1-2H3,(H,46,48)/b13-11-,14-12-,19-17-,20-18-. The maximum absolute atomic E-state index is 13.1. The van der Waals surface area contributed by atoms with Gasteiger partial charge >= 0.3 is 0 Å². The largest absolute Gasteiger partial charge is 0.356 e. The van der Waals surface area contributed by atoms with Gasteiger partial charge in [-0.3, -0.25) is 9.59 Å². The molecular weight excluding hydrogens is 603 g/mol. The lowest BCUT2D eigenvalue weighted by Gasteiger charge is -2.23. The first-order valence-electron chi connectivity index (χ1n) is 21.0. The van der Waals surface area contributed by atoms with Crippen molar-refractivity contribution in [2.24, 2.45) is 5.73 Å². The van der Waals surface area contributed by atoms with E-state index in [4.69, 9.17) is 5.73 Å². The lowest BCUT2D eigenvalue weighted by molar-refractivity contribution is -0.131. The average Bonchev–Trinajstić information content (AvgIpc) is 3.10. The van der Waals surface area contributed by atoms with Crippen LogP contribution in [-0.2, 0) is 9.59 Å². The Balaban J connectivity index is 4.19. The van der Waals surface area contributed by atoms with E-state index in [0.29, 0.717) is 25.9 Å². The van der Waals surface area contributed by atoms with Crippen LogP contribution in [0.15, 0.2) is 48.6 Å². The van der Waals surface area contributed by atoms with E-state index in [9.17, 15) is 9.59 Å². The Morgan fingerprint density at radius 3 is 1.33 bits per heavy atom. The molecule has 5 heteroatoms. The minimum absolute atomic E-state index is 0.0306. The van der Waals surface area contributed by atoms with Crippen LogP contribution in [0.1, 0.15) is 194 Å². The molecule has 0 saturated carbocycles. The number of amides is 2. The highest BCUT2D eigenvalue weighted by atomic mass is 16.2. The van der Waals surface area contributed by atoms with Gasteiger partial charge in [-0.15, -0.1) is 0 Å². The summed E-state index contributed by atoms with van der Waals surface area (Å²) in [5, 5.41) is 2.93. The van der Waals surface area contributed by atoms with Gasteiger partial charge in [-0.2, -0.15) is 0 Å². The van der Waals surface area contributed by atoms with E-state index in [0.717, 1.165) is 51.6 Å². The summed E-state index contributed by atoms with van der Waals surface area (Å²) < 4.78 is 0. The Hall–Kier alpha value is -2.14. The maximum atomic E-state index is 13.1. The van der Waals surface area contributed by atoms with Gasteiger partial charge < -0.3 is 16.0 Å². The van der Waals surface area contributed by atoms with E-state index < -0.39 is 0 Å². The van der Waals surface area contributed by atoms with Crippen molar-refractivity contribution in [3.63, 3.8) is 0 Å². The second kappa shape index (κ2) is 40.3. The number of carbonyl (C=O) groups is 2. The van der Waals surface area contributed by atoms with Crippen LogP contribution in [0.3, 0.4) is 0 Å². The van der Waals surface area contributed by atoms with Crippen LogP contribution in [0.5, 0.6) is 0 Å². The Bertz CT molecular complexity index is 784. The Morgan fingerprint density at radius 2 is 0.898 bits per heavy atom. The van der Waals surface area contributed by atoms with Gasteiger partial charge in [0, 0.05) is 32.5 Å². The number of rotatable bonds is 37. The first-order chi connectivity index (χ1) is 24.2. The molecule has 0 aromatic heterocycles. The van der Waals surface area contributed by atoms with E-state index in [2.05, 4.69) is 72.7 Å². The summed E-state index contributed by atoms with van der Waals surface area (Å²) in [7, 11) is 0. The van der Waals surface area contributed by atoms with Crippen molar-refractivity contribution in [3.8, 4) is 0 Å². The second-order valence-corrected chi connectivity index (χ2v) is 13.9. The fourth-order valence-electron chi connectivity index (χ4n) is 5.93. The summed E-state index contributed by atoms with van der Waals surface area (Å²) in [4.78, 5) is 27.2. The molecule has 0 aliphatic rings. The smallest absolute Gasteiger partial charge is 0.224 e. The van der Waals surface area contributed by atoms with Crippen LogP contribution >= 0.6 is 0 Å². The van der Waals surface area contributed by atoms with Gasteiger partial charge in [0.05, 0.1) is 0 Å². The predicted octanol–water partition coefficient (Wildman–Crippen LogP) is 12.1. The molecule has 0 radical (unpaired) electrons. The summed E-state index contributed by atoms with van der Waals surface area (Å²) in [6, 6.07) is 0. The molecule has 49 heavy (non-hydrogen) atoms. The van der Waals surface area contributed by atoms with Gasteiger partial charge in [-0.1, -0.05) is 140 Å². The molecule has 0 unspecified atom stereocenters. The molecule has 0 aromatic rings. The third-order valence-electron chi connectivity index (χ3n) is 9.13. The van der Waals surface area contributed by atoms with E-state index >= 15 is 0 Å². The van der Waals surface area contributed by atoms with Crippen LogP contribution in [-0.4, -0.2) is 42.9 Å². The van der Waals surface area contributed by atoms with Crippen molar-refractivity contribution in [1.82, 2.24) is 10.2 Å². The normalized spacial score (nSPS) is 12.0. The highest BCUT2D eigenvalue weighted by Crippen LogP contribution is 2.12. The number of carbonyl (C=O) groups excluding carboxylic acids is 2.